The molecule has 0 spiro atoms. The second-order valence-corrected chi connectivity index (χ2v) is 6.11. The molecule has 1 atom stereocenters. The number of rotatable bonds is 2. The molecule has 0 saturated heterocycles. The molecule has 1 unspecified atom stereocenters. The van der Waals surface area contributed by atoms with Crippen molar-refractivity contribution in [2.24, 2.45) is 0 Å². The van der Waals surface area contributed by atoms with Gasteiger partial charge in [-0.3, -0.25) is 0 Å². The number of ether oxygens (including phenoxy) is 1. The van der Waals surface area contributed by atoms with Crippen LogP contribution in [0, 0.1) is 0 Å². The van der Waals surface area contributed by atoms with E-state index in [1.807, 2.05) is 36.4 Å². The lowest BCUT2D eigenvalue weighted by molar-refractivity contribution is -0.136. The van der Waals surface area contributed by atoms with E-state index < -0.39 is 0 Å². The molecule has 0 aromatic heterocycles. The molecule has 0 aliphatic carbocycles. The van der Waals surface area contributed by atoms with Crippen LogP contribution in [0.15, 0.2) is 59.8 Å². The van der Waals surface area contributed by atoms with Gasteiger partial charge in [0.25, 0.3) is 0 Å². The molecular weight excluding hydrogens is 312 g/mol. The largest absolute Gasteiger partial charge is 0.456 e. The van der Waals surface area contributed by atoms with Gasteiger partial charge in [-0.1, -0.05) is 41.9 Å². The van der Waals surface area contributed by atoms with Crippen molar-refractivity contribution in [1.82, 2.24) is 0 Å². The topological polar surface area (TPSA) is 50.4 Å². The van der Waals surface area contributed by atoms with Gasteiger partial charge in [0.05, 0.1) is 28.7 Å². The average molecular weight is 327 g/mol. The highest BCUT2D eigenvalue weighted by atomic mass is 35.5. The third kappa shape index (κ3) is 2.66. The highest BCUT2D eigenvalue weighted by Gasteiger charge is 2.34. The summed E-state index contributed by atoms with van der Waals surface area (Å²) in [5.41, 5.74) is 4.43. The van der Waals surface area contributed by atoms with E-state index in [4.69, 9.17) is 16.3 Å². The number of fused-ring (bicyclic) bond motifs is 1. The predicted molar refractivity (Wildman–Crippen MR) is 90.6 cm³/mol. The van der Waals surface area contributed by atoms with Crippen LogP contribution in [0.1, 0.15) is 5.56 Å². The molecule has 2 aliphatic heterocycles. The number of cyclic esters (lactones) is 1. The van der Waals surface area contributed by atoms with Crippen LogP contribution in [-0.2, 0) is 16.0 Å². The van der Waals surface area contributed by atoms with Gasteiger partial charge in [-0.15, -0.1) is 0 Å². The van der Waals surface area contributed by atoms with Crippen LogP contribution in [0.4, 0.5) is 11.4 Å². The van der Waals surface area contributed by atoms with E-state index >= 15 is 0 Å². The molecule has 23 heavy (non-hydrogen) atoms. The SMILES string of the molecule is O=C1OCC2=C1C(Cc1ccccc1)Nc1cc(Cl)ccc1N2. The maximum atomic E-state index is 12.2. The van der Waals surface area contributed by atoms with Gasteiger partial charge in [0.2, 0.25) is 0 Å². The standard InChI is InChI=1S/C18H15ClN2O2/c19-12-6-7-13-14(9-12)21-15(8-11-4-2-1-3-5-11)17-16(20-13)10-23-18(17)22/h1-7,9,15,20-21H,8,10H2. The first-order valence-corrected chi connectivity index (χ1v) is 7.86. The van der Waals surface area contributed by atoms with Crippen molar-refractivity contribution < 1.29 is 9.53 Å². The maximum absolute atomic E-state index is 12.2. The van der Waals surface area contributed by atoms with Crippen molar-refractivity contribution in [1.29, 1.82) is 0 Å². The lowest BCUT2D eigenvalue weighted by Gasteiger charge is -2.19. The number of nitrogens with one attached hydrogen (secondary N) is 2. The van der Waals surface area contributed by atoms with Gasteiger partial charge in [-0.25, -0.2) is 4.79 Å². The number of halogens is 1. The van der Waals surface area contributed by atoms with Crippen LogP contribution >= 0.6 is 11.6 Å². The van der Waals surface area contributed by atoms with Crippen LogP contribution in [-0.4, -0.2) is 18.6 Å². The fraction of sp³-hybridized carbons (Fsp3) is 0.167. The Morgan fingerprint density at radius 3 is 2.78 bits per heavy atom. The van der Waals surface area contributed by atoms with Crippen molar-refractivity contribution in [3.05, 3.63) is 70.4 Å². The van der Waals surface area contributed by atoms with Crippen molar-refractivity contribution in [3.8, 4) is 0 Å². The van der Waals surface area contributed by atoms with Gasteiger partial charge in [-0.2, -0.15) is 0 Å². The van der Waals surface area contributed by atoms with Crippen molar-refractivity contribution >= 4 is 28.9 Å². The van der Waals surface area contributed by atoms with E-state index in [-0.39, 0.29) is 18.6 Å². The second-order valence-electron chi connectivity index (χ2n) is 5.67. The molecule has 116 valence electrons. The molecule has 4 nitrogen and oxygen atoms in total. The Hall–Kier alpha value is -2.46. The number of carbonyl (C=O) groups is 1. The van der Waals surface area contributed by atoms with E-state index in [1.165, 1.54) is 0 Å². The second kappa shape index (κ2) is 5.63. The lowest BCUT2D eigenvalue weighted by atomic mass is 9.98. The molecule has 2 heterocycles. The molecular formula is C18H15ClN2O2. The summed E-state index contributed by atoms with van der Waals surface area (Å²) in [4.78, 5) is 12.2. The summed E-state index contributed by atoms with van der Waals surface area (Å²) in [7, 11) is 0. The van der Waals surface area contributed by atoms with Gasteiger partial charge in [0, 0.05) is 5.02 Å². The Bertz CT molecular complexity index is 802. The molecule has 2 aromatic rings. The van der Waals surface area contributed by atoms with E-state index in [2.05, 4.69) is 22.8 Å². The first-order chi connectivity index (χ1) is 11.2. The molecule has 2 aliphatic rings. The van der Waals surface area contributed by atoms with Gasteiger partial charge in [0.15, 0.2) is 0 Å². The normalized spacial score (nSPS) is 19.2. The smallest absolute Gasteiger partial charge is 0.338 e. The fourth-order valence-electron chi connectivity index (χ4n) is 3.04. The summed E-state index contributed by atoms with van der Waals surface area (Å²) < 4.78 is 5.22. The maximum Gasteiger partial charge on any atom is 0.338 e. The van der Waals surface area contributed by atoms with Crippen LogP contribution < -0.4 is 10.6 Å². The van der Waals surface area contributed by atoms with Crippen LogP contribution in [0.25, 0.3) is 0 Å². The van der Waals surface area contributed by atoms with Crippen molar-refractivity contribution in [2.75, 3.05) is 17.2 Å². The van der Waals surface area contributed by atoms with E-state index in [0.29, 0.717) is 17.0 Å². The summed E-state index contributed by atoms with van der Waals surface area (Å²) in [5.74, 6) is -0.264. The molecule has 0 fully saturated rings. The molecule has 4 rings (SSSR count). The number of carbonyl (C=O) groups excluding carboxylic acids is 1. The highest BCUT2D eigenvalue weighted by molar-refractivity contribution is 6.31. The summed E-state index contributed by atoms with van der Waals surface area (Å²) in [6.45, 7) is 0.281. The monoisotopic (exact) mass is 326 g/mol. The molecule has 0 bridgehead atoms. The quantitative estimate of drug-likeness (QED) is 0.828. The molecule has 2 aromatic carbocycles. The number of esters is 1. The Labute approximate surface area is 139 Å². The number of anilines is 2. The van der Waals surface area contributed by atoms with Crippen LogP contribution in [0.2, 0.25) is 5.02 Å². The number of hydrogen-bond acceptors (Lipinski definition) is 4. The van der Waals surface area contributed by atoms with Gasteiger partial charge < -0.3 is 15.4 Å². The lowest BCUT2D eigenvalue weighted by Crippen LogP contribution is -2.27. The van der Waals surface area contributed by atoms with Gasteiger partial charge in [0.1, 0.15) is 6.61 Å². The Morgan fingerprint density at radius 1 is 1.13 bits per heavy atom. The summed E-state index contributed by atoms with van der Waals surface area (Å²) in [5, 5.41) is 7.41. The fourth-order valence-corrected chi connectivity index (χ4v) is 3.21. The van der Waals surface area contributed by atoms with E-state index in [1.54, 1.807) is 0 Å². The Morgan fingerprint density at radius 2 is 1.96 bits per heavy atom. The predicted octanol–water partition coefficient (Wildman–Crippen LogP) is 3.60. The Kier molecular flexibility index (Phi) is 3.46. The van der Waals surface area contributed by atoms with Crippen LogP contribution in [0.5, 0.6) is 0 Å². The van der Waals surface area contributed by atoms with Crippen LogP contribution in [0.3, 0.4) is 0 Å². The third-order valence-electron chi connectivity index (χ3n) is 4.12. The molecule has 5 heteroatoms. The summed E-state index contributed by atoms with van der Waals surface area (Å²) in [6.07, 6.45) is 0.697. The summed E-state index contributed by atoms with van der Waals surface area (Å²) >= 11 is 6.11. The zero-order valence-corrected chi connectivity index (χ0v) is 13.1. The highest BCUT2D eigenvalue weighted by Crippen LogP contribution is 2.35. The van der Waals surface area contributed by atoms with Crippen molar-refractivity contribution in [2.45, 2.75) is 12.5 Å². The van der Waals surface area contributed by atoms with Crippen molar-refractivity contribution in [3.63, 3.8) is 0 Å². The first-order valence-electron chi connectivity index (χ1n) is 7.48. The Balaban J connectivity index is 1.75. The molecule has 2 N–H and O–H groups in total. The van der Waals surface area contributed by atoms with E-state index in [0.717, 1.165) is 22.6 Å². The third-order valence-corrected chi connectivity index (χ3v) is 4.36. The van der Waals surface area contributed by atoms with Gasteiger partial charge >= 0.3 is 5.97 Å². The zero-order chi connectivity index (χ0) is 15.8. The number of hydrogen-bond donors (Lipinski definition) is 2. The molecule has 0 saturated carbocycles. The number of benzene rings is 2. The minimum Gasteiger partial charge on any atom is -0.456 e. The molecule has 0 radical (unpaired) electrons. The van der Waals surface area contributed by atoms with Gasteiger partial charge in [-0.05, 0) is 30.2 Å². The van der Waals surface area contributed by atoms with E-state index in [9.17, 15) is 4.79 Å². The molecule has 0 amide bonds. The average Bonchev–Trinajstić information content (AvgIpc) is 2.83. The minimum absolute atomic E-state index is 0.158. The first kappa shape index (κ1) is 14.2. The zero-order valence-electron chi connectivity index (χ0n) is 12.3. The summed E-state index contributed by atoms with van der Waals surface area (Å²) in [6, 6.07) is 15.5. The minimum atomic E-state index is -0.264.